The van der Waals surface area contributed by atoms with Crippen molar-refractivity contribution in [2.45, 2.75) is 18.4 Å². The molecule has 1 saturated heterocycles. The Morgan fingerprint density at radius 2 is 1.66 bits per heavy atom. The molecular formula is C22H26N4O5S. The first-order chi connectivity index (χ1) is 15.4. The number of aromatic nitrogens is 2. The summed E-state index contributed by atoms with van der Waals surface area (Å²) in [6.07, 6.45) is 0. The fourth-order valence-corrected chi connectivity index (χ4v) is 5.02. The van der Waals surface area contributed by atoms with Crippen LogP contribution >= 0.6 is 0 Å². The normalized spacial score (nSPS) is 15.6. The second-order valence-electron chi connectivity index (χ2n) is 7.57. The third-order valence-corrected chi connectivity index (χ3v) is 7.36. The van der Waals surface area contributed by atoms with Gasteiger partial charge in [-0.1, -0.05) is 35.0 Å². The minimum absolute atomic E-state index is 0.184. The monoisotopic (exact) mass is 458 g/mol. The largest absolute Gasteiger partial charge is 0.493 e. The summed E-state index contributed by atoms with van der Waals surface area (Å²) < 4.78 is 43.5. The second kappa shape index (κ2) is 9.27. The number of hydrogen-bond acceptors (Lipinski definition) is 8. The van der Waals surface area contributed by atoms with Crippen LogP contribution in [0.25, 0.3) is 11.4 Å². The molecule has 0 atom stereocenters. The maximum absolute atomic E-state index is 13.1. The highest BCUT2D eigenvalue weighted by Gasteiger charge is 2.30. The van der Waals surface area contributed by atoms with Crippen LogP contribution in [0, 0.1) is 6.92 Å². The van der Waals surface area contributed by atoms with E-state index in [2.05, 4.69) is 15.0 Å². The summed E-state index contributed by atoms with van der Waals surface area (Å²) in [5.74, 6) is 1.93. The number of aryl methyl sites for hydroxylation is 1. The van der Waals surface area contributed by atoms with Crippen LogP contribution in [0.3, 0.4) is 0 Å². The maximum atomic E-state index is 13.1. The van der Waals surface area contributed by atoms with Gasteiger partial charge in [-0.15, -0.1) is 0 Å². The lowest BCUT2D eigenvalue weighted by molar-refractivity contribution is 0.163. The summed E-state index contributed by atoms with van der Waals surface area (Å²) in [6, 6.07) is 12.6. The van der Waals surface area contributed by atoms with Crippen molar-refractivity contribution >= 4 is 10.0 Å². The van der Waals surface area contributed by atoms with Gasteiger partial charge in [-0.25, -0.2) is 8.42 Å². The van der Waals surface area contributed by atoms with E-state index in [-0.39, 0.29) is 4.90 Å². The van der Waals surface area contributed by atoms with Gasteiger partial charge in [-0.3, -0.25) is 4.90 Å². The van der Waals surface area contributed by atoms with Gasteiger partial charge in [0.2, 0.25) is 21.7 Å². The van der Waals surface area contributed by atoms with Gasteiger partial charge in [0.15, 0.2) is 11.5 Å². The molecule has 0 N–H and O–H groups in total. The molecule has 0 radical (unpaired) electrons. The molecule has 0 saturated carbocycles. The van der Waals surface area contributed by atoms with Gasteiger partial charge >= 0.3 is 0 Å². The molecule has 0 aliphatic carbocycles. The molecule has 4 rings (SSSR count). The molecule has 9 nitrogen and oxygen atoms in total. The van der Waals surface area contributed by atoms with Crippen LogP contribution in [-0.4, -0.2) is 68.2 Å². The number of rotatable bonds is 7. The Morgan fingerprint density at radius 3 is 2.31 bits per heavy atom. The van der Waals surface area contributed by atoms with Crippen LogP contribution < -0.4 is 9.47 Å². The predicted octanol–water partition coefficient (Wildman–Crippen LogP) is 2.57. The molecule has 2 aromatic carbocycles. The van der Waals surface area contributed by atoms with Crippen molar-refractivity contribution in [3.05, 3.63) is 53.9 Å². The van der Waals surface area contributed by atoms with Crippen molar-refractivity contribution in [3.8, 4) is 22.9 Å². The van der Waals surface area contributed by atoms with E-state index in [9.17, 15) is 8.42 Å². The first kappa shape index (κ1) is 22.3. The average Bonchev–Trinajstić information content (AvgIpc) is 3.27. The van der Waals surface area contributed by atoms with Gasteiger partial charge in [0.05, 0.1) is 25.7 Å². The molecule has 10 heteroatoms. The lowest BCUT2D eigenvalue weighted by atomic mass is 10.1. The summed E-state index contributed by atoms with van der Waals surface area (Å²) in [4.78, 5) is 6.77. The fourth-order valence-electron chi connectivity index (χ4n) is 3.58. The molecule has 0 bridgehead atoms. The van der Waals surface area contributed by atoms with E-state index in [4.69, 9.17) is 14.0 Å². The quantitative estimate of drug-likeness (QED) is 0.533. The second-order valence-corrected chi connectivity index (χ2v) is 9.51. The zero-order chi connectivity index (χ0) is 22.7. The summed E-state index contributed by atoms with van der Waals surface area (Å²) in [7, 11) is -0.638. The number of nitrogens with zero attached hydrogens (tertiary/aromatic N) is 4. The number of ether oxygens (including phenoxy) is 2. The molecule has 0 amide bonds. The van der Waals surface area contributed by atoms with Gasteiger partial charge < -0.3 is 14.0 Å². The summed E-state index contributed by atoms with van der Waals surface area (Å²) >= 11 is 0. The lowest BCUT2D eigenvalue weighted by Crippen LogP contribution is -2.48. The van der Waals surface area contributed by atoms with Crippen LogP contribution in [0.5, 0.6) is 11.5 Å². The fraction of sp³-hybridized carbons (Fsp3) is 0.364. The van der Waals surface area contributed by atoms with E-state index in [0.717, 1.165) is 5.56 Å². The van der Waals surface area contributed by atoms with Gasteiger partial charge in [0, 0.05) is 37.8 Å². The summed E-state index contributed by atoms with van der Waals surface area (Å²) in [5.41, 5.74) is 2.06. The number of piperazine rings is 1. The van der Waals surface area contributed by atoms with Crippen molar-refractivity contribution in [2.75, 3.05) is 40.4 Å². The molecular weight excluding hydrogens is 432 g/mol. The van der Waals surface area contributed by atoms with Crippen molar-refractivity contribution in [1.82, 2.24) is 19.3 Å². The Labute approximate surface area is 187 Å². The van der Waals surface area contributed by atoms with E-state index in [1.54, 1.807) is 6.07 Å². The Kier molecular flexibility index (Phi) is 6.45. The standard InChI is InChI=1S/C22H26N4O5S/c1-16-4-6-17(7-5-16)22-23-21(31-24-22)15-25-10-12-26(13-11-25)32(27,28)18-8-9-19(29-2)20(14-18)30-3/h4-9,14H,10-13,15H2,1-3H3. The molecule has 2 heterocycles. The topological polar surface area (TPSA) is 98.0 Å². The Morgan fingerprint density at radius 1 is 0.969 bits per heavy atom. The van der Waals surface area contributed by atoms with E-state index >= 15 is 0 Å². The molecule has 1 aromatic heterocycles. The van der Waals surface area contributed by atoms with Gasteiger partial charge in [0.1, 0.15) is 0 Å². The molecule has 0 unspecified atom stereocenters. The van der Waals surface area contributed by atoms with Crippen LogP contribution in [0.15, 0.2) is 51.9 Å². The molecule has 0 spiro atoms. The zero-order valence-corrected chi connectivity index (χ0v) is 19.1. The Balaban J connectivity index is 1.38. The van der Waals surface area contributed by atoms with Crippen molar-refractivity contribution < 1.29 is 22.4 Å². The smallest absolute Gasteiger partial charge is 0.243 e. The van der Waals surface area contributed by atoms with Crippen molar-refractivity contribution in [1.29, 1.82) is 0 Å². The Bertz CT molecular complexity index is 1170. The molecule has 1 aliphatic heterocycles. The molecule has 1 aliphatic rings. The first-order valence-corrected chi connectivity index (χ1v) is 11.7. The maximum Gasteiger partial charge on any atom is 0.243 e. The highest BCUT2D eigenvalue weighted by atomic mass is 32.2. The Hall–Kier alpha value is -2.95. The molecule has 170 valence electrons. The predicted molar refractivity (Wildman–Crippen MR) is 118 cm³/mol. The van der Waals surface area contributed by atoms with Gasteiger partial charge in [-0.05, 0) is 19.1 Å². The van der Waals surface area contributed by atoms with Crippen LogP contribution in [0.2, 0.25) is 0 Å². The molecule has 32 heavy (non-hydrogen) atoms. The number of hydrogen-bond donors (Lipinski definition) is 0. The van der Waals surface area contributed by atoms with E-state index in [0.29, 0.717) is 55.9 Å². The van der Waals surface area contributed by atoms with E-state index in [1.807, 2.05) is 31.2 Å². The zero-order valence-electron chi connectivity index (χ0n) is 18.3. The van der Waals surface area contributed by atoms with E-state index in [1.165, 1.54) is 36.2 Å². The number of methoxy groups -OCH3 is 2. The summed E-state index contributed by atoms with van der Waals surface area (Å²) in [5, 5.41) is 4.06. The summed E-state index contributed by atoms with van der Waals surface area (Å²) in [6.45, 7) is 4.37. The highest BCUT2D eigenvalue weighted by Crippen LogP contribution is 2.31. The number of benzene rings is 2. The molecule has 3 aromatic rings. The third kappa shape index (κ3) is 4.62. The highest BCUT2D eigenvalue weighted by molar-refractivity contribution is 7.89. The van der Waals surface area contributed by atoms with Crippen molar-refractivity contribution in [3.63, 3.8) is 0 Å². The average molecular weight is 459 g/mol. The lowest BCUT2D eigenvalue weighted by Gasteiger charge is -2.33. The van der Waals surface area contributed by atoms with Crippen LogP contribution in [0.4, 0.5) is 0 Å². The van der Waals surface area contributed by atoms with Gasteiger partial charge in [0.25, 0.3) is 0 Å². The molecule has 1 fully saturated rings. The van der Waals surface area contributed by atoms with Gasteiger partial charge in [-0.2, -0.15) is 9.29 Å². The SMILES string of the molecule is COc1ccc(S(=O)(=O)N2CCN(Cc3nc(-c4ccc(C)cc4)no3)CC2)cc1OC. The number of sulfonamides is 1. The first-order valence-electron chi connectivity index (χ1n) is 10.2. The van der Waals surface area contributed by atoms with Crippen LogP contribution in [0.1, 0.15) is 11.5 Å². The minimum atomic E-state index is -3.63. The van der Waals surface area contributed by atoms with E-state index < -0.39 is 10.0 Å². The minimum Gasteiger partial charge on any atom is -0.493 e. The van der Waals surface area contributed by atoms with Crippen LogP contribution in [-0.2, 0) is 16.6 Å². The van der Waals surface area contributed by atoms with Crippen molar-refractivity contribution in [2.24, 2.45) is 0 Å². The third-order valence-electron chi connectivity index (χ3n) is 5.46.